The molecule has 0 amide bonds. The number of allylic oxidation sites excluding steroid dienone is 1. The number of hydrogen-bond acceptors (Lipinski definition) is 2. The molecule has 0 aromatic carbocycles. The average Bonchev–Trinajstić information content (AvgIpc) is 2.09. The van der Waals surface area contributed by atoms with Gasteiger partial charge in [0.15, 0.2) is 0 Å². The Morgan fingerprint density at radius 1 is 1.33 bits per heavy atom. The van der Waals surface area contributed by atoms with Gasteiger partial charge in [-0.15, -0.1) is 11.6 Å². The molecule has 1 N–H and O–H groups in total. The van der Waals surface area contributed by atoms with Crippen molar-refractivity contribution in [1.29, 1.82) is 0 Å². The van der Waals surface area contributed by atoms with Crippen molar-refractivity contribution in [2.75, 3.05) is 25.5 Å². The first-order valence-electron chi connectivity index (χ1n) is 4.44. The Morgan fingerprint density at radius 3 is 2.58 bits per heavy atom. The van der Waals surface area contributed by atoms with Gasteiger partial charge < -0.3 is 5.11 Å². The van der Waals surface area contributed by atoms with Crippen LogP contribution in [0.15, 0.2) is 12.2 Å². The number of piperidine rings is 1. The van der Waals surface area contributed by atoms with E-state index in [2.05, 4.69) is 11.0 Å². The van der Waals surface area contributed by atoms with E-state index in [1.807, 2.05) is 6.08 Å². The van der Waals surface area contributed by atoms with Gasteiger partial charge in [0.2, 0.25) is 0 Å². The van der Waals surface area contributed by atoms with Gasteiger partial charge in [0.05, 0.1) is 6.10 Å². The van der Waals surface area contributed by atoms with Gasteiger partial charge >= 0.3 is 0 Å². The van der Waals surface area contributed by atoms with Crippen molar-refractivity contribution in [3.05, 3.63) is 12.2 Å². The zero-order valence-electron chi connectivity index (χ0n) is 7.25. The van der Waals surface area contributed by atoms with Crippen molar-refractivity contribution < 1.29 is 5.11 Å². The molecular formula is C9H16ClNO. The molecule has 70 valence electrons. The van der Waals surface area contributed by atoms with E-state index < -0.39 is 0 Å². The van der Waals surface area contributed by atoms with E-state index in [0.717, 1.165) is 32.5 Å². The van der Waals surface area contributed by atoms with Crippen molar-refractivity contribution in [1.82, 2.24) is 4.90 Å². The summed E-state index contributed by atoms with van der Waals surface area (Å²) < 4.78 is 0. The molecular weight excluding hydrogens is 174 g/mol. The van der Waals surface area contributed by atoms with Crippen LogP contribution in [-0.4, -0.2) is 41.6 Å². The molecule has 0 radical (unpaired) electrons. The first-order chi connectivity index (χ1) is 5.83. The quantitative estimate of drug-likeness (QED) is 0.534. The van der Waals surface area contributed by atoms with Gasteiger partial charge in [-0.1, -0.05) is 12.2 Å². The van der Waals surface area contributed by atoms with Gasteiger partial charge in [-0.25, -0.2) is 0 Å². The fourth-order valence-electron chi connectivity index (χ4n) is 1.39. The fourth-order valence-corrected chi connectivity index (χ4v) is 1.51. The fraction of sp³-hybridized carbons (Fsp3) is 0.778. The molecule has 1 saturated heterocycles. The third kappa shape index (κ3) is 3.57. The molecule has 1 aliphatic rings. The Kier molecular flexibility index (Phi) is 4.66. The summed E-state index contributed by atoms with van der Waals surface area (Å²) >= 11 is 5.50. The van der Waals surface area contributed by atoms with Crippen LogP contribution in [-0.2, 0) is 0 Å². The molecule has 0 bridgehead atoms. The smallest absolute Gasteiger partial charge is 0.0564 e. The van der Waals surface area contributed by atoms with Crippen LogP contribution in [0.1, 0.15) is 12.8 Å². The number of alkyl halides is 1. The highest BCUT2D eigenvalue weighted by atomic mass is 35.5. The third-order valence-corrected chi connectivity index (χ3v) is 2.35. The predicted octanol–water partition coefficient (Wildman–Crippen LogP) is 1.24. The summed E-state index contributed by atoms with van der Waals surface area (Å²) in [5.41, 5.74) is 0. The normalized spacial score (nSPS) is 22.2. The minimum atomic E-state index is -0.0711. The minimum absolute atomic E-state index is 0.0711. The molecule has 0 aromatic rings. The predicted molar refractivity (Wildman–Crippen MR) is 51.5 cm³/mol. The van der Waals surface area contributed by atoms with E-state index >= 15 is 0 Å². The Morgan fingerprint density at radius 2 is 2.00 bits per heavy atom. The number of likely N-dealkylation sites (tertiary alicyclic amines) is 1. The van der Waals surface area contributed by atoms with Gasteiger partial charge in [0, 0.05) is 25.5 Å². The highest BCUT2D eigenvalue weighted by Gasteiger charge is 2.14. The zero-order chi connectivity index (χ0) is 8.81. The second-order valence-electron chi connectivity index (χ2n) is 3.16. The van der Waals surface area contributed by atoms with Crippen molar-refractivity contribution >= 4 is 11.6 Å². The lowest BCUT2D eigenvalue weighted by molar-refractivity contribution is 0.0880. The minimum Gasteiger partial charge on any atom is -0.393 e. The van der Waals surface area contributed by atoms with Crippen LogP contribution in [0, 0.1) is 0 Å². The molecule has 0 spiro atoms. The van der Waals surface area contributed by atoms with E-state index in [4.69, 9.17) is 11.6 Å². The maximum absolute atomic E-state index is 9.23. The molecule has 1 rings (SSSR count). The van der Waals surface area contributed by atoms with Crippen LogP contribution >= 0.6 is 11.6 Å². The molecule has 1 fully saturated rings. The van der Waals surface area contributed by atoms with E-state index in [-0.39, 0.29) is 6.10 Å². The summed E-state index contributed by atoms with van der Waals surface area (Å²) in [5.74, 6) is 0.594. The number of hydrogen-bond donors (Lipinski definition) is 1. The maximum atomic E-state index is 9.23. The van der Waals surface area contributed by atoms with Crippen molar-refractivity contribution in [2.24, 2.45) is 0 Å². The number of aliphatic hydroxyl groups is 1. The van der Waals surface area contributed by atoms with Crippen LogP contribution in [0.4, 0.5) is 0 Å². The summed E-state index contributed by atoms with van der Waals surface area (Å²) in [7, 11) is 0. The van der Waals surface area contributed by atoms with Crippen LogP contribution in [0.25, 0.3) is 0 Å². The Balaban J connectivity index is 2.13. The molecule has 0 unspecified atom stereocenters. The van der Waals surface area contributed by atoms with Crippen LogP contribution < -0.4 is 0 Å². The lowest BCUT2D eigenvalue weighted by atomic mass is 10.1. The number of rotatable bonds is 3. The first-order valence-corrected chi connectivity index (χ1v) is 4.97. The number of nitrogens with zero attached hydrogens (tertiary/aromatic N) is 1. The summed E-state index contributed by atoms with van der Waals surface area (Å²) in [5, 5.41) is 9.23. The molecule has 0 saturated carbocycles. The number of aliphatic hydroxyl groups excluding tert-OH is 1. The second kappa shape index (κ2) is 5.57. The Hall–Kier alpha value is -0.0500. The van der Waals surface area contributed by atoms with Gasteiger partial charge in [-0.05, 0) is 12.8 Å². The van der Waals surface area contributed by atoms with E-state index in [0.29, 0.717) is 5.88 Å². The molecule has 3 heteroatoms. The topological polar surface area (TPSA) is 23.5 Å². The van der Waals surface area contributed by atoms with E-state index in [1.54, 1.807) is 0 Å². The van der Waals surface area contributed by atoms with E-state index in [9.17, 15) is 5.11 Å². The van der Waals surface area contributed by atoms with Gasteiger partial charge in [-0.2, -0.15) is 0 Å². The lowest BCUT2D eigenvalue weighted by Crippen LogP contribution is -2.35. The van der Waals surface area contributed by atoms with Crippen molar-refractivity contribution in [3.63, 3.8) is 0 Å². The van der Waals surface area contributed by atoms with Crippen LogP contribution in [0.3, 0.4) is 0 Å². The largest absolute Gasteiger partial charge is 0.393 e. The maximum Gasteiger partial charge on any atom is 0.0564 e. The highest BCUT2D eigenvalue weighted by molar-refractivity contribution is 6.18. The molecule has 2 nitrogen and oxygen atoms in total. The summed E-state index contributed by atoms with van der Waals surface area (Å²) in [6, 6.07) is 0. The molecule has 0 aromatic heterocycles. The van der Waals surface area contributed by atoms with Gasteiger partial charge in [0.25, 0.3) is 0 Å². The monoisotopic (exact) mass is 189 g/mol. The first kappa shape index (κ1) is 10.0. The van der Waals surface area contributed by atoms with Crippen LogP contribution in [0.5, 0.6) is 0 Å². The molecule has 1 heterocycles. The van der Waals surface area contributed by atoms with Crippen LogP contribution in [0.2, 0.25) is 0 Å². The standard InChI is InChI=1S/C9H16ClNO/c10-5-1-2-6-11-7-3-9(12)4-8-11/h1-2,9,12H,3-8H2/b2-1+. The Labute approximate surface area is 78.8 Å². The molecule has 1 aliphatic heterocycles. The summed E-state index contributed by atoms with van der Waals surface area (Å²) in [6.45, 7) is 2.99. The van der Waals surface area contributed by atoms with Gasteiger partial charge in [0.1, 0.15) is 0 Å². The van der Waals surface area contributed by atoms with Crippen molar-refractivity contribution in [2.45, 2.75) is 18.9 Å². The second-order valence-corrected chi connectivity index (χ2v) is 3.47. The lowest BCUT2D eigenvalue weighted by Gasteiger charge is -2.28. The molecule has 12 heavy (non-hydrogen) atoms. The third-order valence-electron chi connectivity index (χ3n) is 2.18. The number of halogens is 1. The van der Waals surface area contributed by atoms with Gasteiger partial charge in [-0.3, -0.25) is 4.90 Å². The summed E-state index contributed by atoms with van der Waals surface area (Å²) in [4.78, 5) is 2.33. The summed E-state index contributed by atoms with van der Waals surface area (Å²) in [6.07, 6.45) is 5.80. The zero-order valence-corrected chi connectivity index (χ0v) is 8.00. The molecule has 0 aliphatic carbocycles. The molecule has 0 atom stereocenters. The Bertz CT molecular complexity index is 141. The highest BCUT2D eigenvalue weighted by Crippen LogP contribution is 2.09. The average molecular weight is 190 g/mol. The van der Waals surface area contributed by atoms with E-state index in [1.165, 1.54) is 0 Å². The SMILES string of the molecule is OC1CCN(C/C=C/CCl)CC1. The van der Waals surface area contributed by atoms with Crippen molar-refractivity contribution in [3.8, 4) is 0 Å².